The number of oxime groups is 1. The van der Waals surface area contributed by atoms with Gasteiger partial charge in [-0.05, 0) is 17.7 Å². The maximum atomic E-state index is 13.3. The van der Waals surface area contributed by atoms with E-state index in [0.717, 1.165) is 38.2 Å². The Hall–Kier alpha value is -4.59. The fourth-order valence-corrected chi connectivity index (χ4v) is 8.59. The summed E-state index contributed by atoms with van der Waals surface area (Å²) in [4.78, 5) is 65.6. The lowest BCUT2D eigenvalue weighted by atomic mass is 10.0. The first-order valence-electron chi connectivity index (χ1n) is 12.8. The second kappa shape index (κ2) is 12.4. The highest BCUT2D eigenvalue weighted by Crippen LogP contribution is 2.42. The SMILES string of the molecule is Nc1nc(/C(=N\OCc2cc(=O)c(O)cn2O)C(=O)N[C@@H]2C(=O)N3C(C(=O)O)=C(CSc4nc5ccccc5s4)CS[C@H]23)cs1. The maximum Gasteiger partial charge on any atom is 0.352 e. The smallest absolute Gasteiger partial charge is 0.352 e. The third kappa shape index (κ3) is 6.06. The molecule has 0 bridgehead atoms. The molecule has 15 nitrogen and oxygen atoms in total. The maximum absolute atomic E-state index is 13.3. The van der Waals surface area contributed by atoms with Gasteiger partial charge in [0.1, 0.15) is 28.5 Å². The first-order chi connectivity index (χ1) is 21.6. The summed E-state index contributed by atoms with van der Waals surface area (Å²) < 4.78 is 2.27. The minimum atomic E-state index is -1.25. The second-order valence-corrected chi connectivity index (χ2v) is 13.7. The number of thioether (sulfide) groups is 2. The minimum absolute atomic E-state index is 0.0438. The lowest BCUT2D eigenvalue weighted by Gasteiger charge is -2.49. The van der Waals surface area contributed by atoms with E-state index in [2.05, 4.69) is 20.4 Å². The third-order valence-electron chi connectivity index (χ3n) is 6.62. The predicted octanol–water partition coefficient (Wildman–Crippen LogP) is 1.89. The number of nitrogens with zero attached hydrogens (tertiary/aromatic N) is 5. The number of amides is 2. The summed E-state index contributed by atoms with van der Waals surface area (Å²) in [5.41, 5.74) is 5.89. The van der Waals surface area contributed by atoms with Crippen molar-refractivity contribution in [1.29, 1.82) is 0 Å². The molecule has 1 aromatic carbocycles. The highest BCUT2D eigenvalue weighted by atomic mass is 32.2. The number of β-lactam (4-membered cyclic amide) rings is 1. The molecule has 0 spiro atoms. The molecule has 1 fully saturated rings. The molecule has 19 heteroatoms. The van der Waals surface area contributed by atoms with Gasteiger partial charge in [-0.1, -0.05) is 29.1 Å². The number of carbonyl (C=O) groups is 3. The Bertz CT molecular complexity index is 1940. The summed E-state index contributed by atoms with van der Waals surface area (Å²) in [6.07, 6.45) is 0.778. The number of thiazole rings is 2. The number of carboxylic acid groups (broad SMARTS) is 1. The van der Waals surface area contributed by atoms with Crippen molar-refractivity contribution < 1.29 is 34.6 Å². The zero-order valence-corrected chi connectivity index (χ0v) is 25.9. The van der Waals surface area contributed by atoms with Crippen LogP contribution in [0.5, 0.6) is 5.75 Å². The van der Waals surface area contributed by atoms with Crippen molar-refractivity contribution in [3.63, 3.8) is 0 Å². The molecule has 0 aliphatic carbocycles. The van der Waals surface area contributed by atoms with E-state index in [1.165, 1.54) is 45.1 Å². The average Bonchev–Trinajstić information content (AvgIpc) is 3.64. The van der Waals surface area contributed by atoms with Gasteiger partial charge in [0.25, 0.3) is 11.8 Å². The van der Waals surface area contributed by atoms with Crippen LogP contribution in [0.4, 0.5) is 5.13 Å². The van der Waals surface area contributed by atoms with Crippen molar-refractivity contribution in [2.75, 3.05) is 17.2 Å². The molecule has 6 rings (SSSR count). The number of fused-ring (bicyclic) bond motifs is 2. The number of aromatic nitrogens is 3. The number of nitrogens with two attached hydrogens (primary N) is 1. The van der Waals surface area contributed by atoms with Crippen LogP contribution in [-0.4, -0.2) is 81.4 Å². The fourth-order valence-electron chi connectivity index (χ4n) is 4.49. The molecule has 6 N–H and O–H groups in total. The summed E-state index contributed by atoms with van der Waals surface area (Å²) in [6, 6.07) is 7.54. The van der Waals surface area contributed by atoms with Crippen LogP contribution in [-0.2, 0) is 25.8 Å². The molecule has 45 heavy (non-hydrogen) atoms. The standard InChI is InChI=1S/C26H21N7O8S4/c27-25-28-14(10-43-25)18(31-41-7-12-5-15(34)16(35)6-32(12)40)21(36)30-19-22(37)33-20(24(38)39)11(8-42-23(19)33)9-44-26-29-13-3-1-2-4-17(13)45-26/h1-6,10,19,23,35,40H,7-9H2,(H2,27,28)(H,30,36)(H,38,39)/b31-18+/t19-,23-/m1/s1. The van der Waals surface area contributed by atoms with Crippen LogP contribution in [0.2, 0.25) is 0 Å². The van der Waals surface area contributed by atoms with Crippen LogP contribution < -0.4 is 16.5 Å². The summed E-state index contributed by atoms with van der Waals surface area (Å²) in [5.74, 6) is -2.73. The highest BCUT2D eigenvalue weighted by Gasteiger charge is 2.54. The number of carboxylic acids is 1. The topological polar surface area (TPSA) is 223 Å². The van der Waals surface area contributed by atoms with Gasteiger partial charge < -0.3 is 31.3 Å². The van der Waals surface area contributed by atoms with Crippen LogP contribution in [0.1, 0.15) is 11.4 Å². The largest absolute Gasteiger partial charge is 0.503 e. The van der Waals surface area contributed by atoms with Gasteiger partial charge in [0, 0.05) is 23.0 Å². The molecule has 3 aromatic heterocycles. The van der Waals surface area contributed by atoms with Gasteiger partial charge in [0.05, 0.1) is 16.4 Å². The van der Waals surface area contributed by atoms with Gasteiger partial charge in [-0.25, -0.2) is 14.8 Å². The number of carbonyl (C=O) groups excluding carboxylic acids is 2. The van der Waals surface area contributed by atoms with Gasteiger partial charge in [0.2, 0.25) is 5.43 Å². The number of aromatic hydroxyl groups is 1. The number of aliphatic carboxylic acids is 1. The Kier molecular flexibility index (Phi) is 8.40. The molecule has 5 heterocycles. The molecule has 0 saturated carbocycles. The van der Waals surface area contributed by atoms with E-state index in [0.29, 0.717) is 21.8 Å². The zero-order chi connectivity index (χ0) is 31.8. The first-order valence-corrected chi connectivity index (χ1v) is 16.6. The number of rotatable bonds is 10. The van der Waals surface area contributed by atoms with Crippen molar-refractivity contribution in [2.24, 2.45) is 5.16 Å². The Labute approximate surface area is 269 Å². The first kappa shape index (κ1) is 30.4. The van der Waals surface area contributed by atoms with Gasteiger partial charge >= 0.3 is 5.97 Å². The number of hydrogen-bond donors (Lipinski definition) is 5. The molecule has 0 unspecified atom stereocenters. The molecular weight excluding hydrogens is 667 g/mol. The second-order valence-electron chi connectivity index (χ2n) is 9.50. The fraction of sp³-hybridized carbons (Fsp3) is 0.192. The van der Waals surface area contributed by atoms with Crippen molar-refractivity contribution in [3.8, 4) is 5.75 Å². The number of pyridine rings is 1. The van der Waals surface area contributed by atoms with E-state index in [-0.39, 0.29) is 27.9 Å². The minimum Gasteiger partial charge on any atom is -0.503 e. The Morgan fingerprint density at radius 1 is 1.24 bits per heavy atom. The molecular formula is C26H21N7O8S4. The van der Waals surface area contributed by atoms with Crippen molar-refractivity contribution in [2.45, 2.75) is 22.4 Å². The molecule has 2 aliphatic rings. The normalized spacial score (nSPS) is 18.1. The zero-order valence-electron chi connectivity index (χ0n) is 22.6. The lowest BCUT2D eigenvalue weighted by molar-refractivity contribution is -0.150. The summed E-state index contributed by atoms with van der Waals surface area (Å²) in [7, 11) is 0. The molecule has 2 atom stereocenters. The quantitative estimate of drug-likeness (QED) is 0.0529. The van der Waals surface area contributed by atoms with Crippen molar-refractivity contribution >= 4 is 85.0 Å². The average molecular weight is 688 g/mol. The Morgan fingerprint density at radius 2 is 2.04 bits per heavy atom. The molecule has 2 aliphatic heterocycles. The molecule has 1 saturated heterocycles. The number of benzene rings is 1. The van der Waals surface area contributed by atoms with Crippen LogP contribution in [0.3, 0.4) is 0 Å². The monoisotopic (exact) mass is 687 g/mol. The highest BCUT2D eigenvalue weighted by molar-refractivity contribution is 8.02. The van der Waals surface area contributed by atoms with Crippen molar-refractivity contribution in [3.05, 3.63) is 74.8 Å². The van der Waals surface area contributed by atoms with Crippen LogP contribution in [0.15, 0.2) is 67.5 Å². The van der Waals surface area contributed by atoms with Gasteiger partial charge in [-0.2, -0.15) is 4.73 Å². The summed E-state index contributed by atoms with van der Waals surface area (Å²) >= 11 is 5.25. The molecule has 4 aromatic rings. The van der Waals surface area contributed by atoms with E-state index in [1.54, 1.807) is 0 Å². The Balaban J connectivity index is 1.16. The number of nitrogen functional groups attached to an aromatic ring is 1. The number of hydrogen-bond acceptors (Lipinski definition) is 15. The van der Waals surface area contributed by atoms with Crippen LogP contribution in [0, 0.1) is 0 Å². The van der Waals surface area contributed by atoms with Crippen LogP contribution in [0.25, 0.3) is 10.2 Å². The lowest BCUT2D eigenvalue weighted by Crippen LogP contribution is -2.71. The van der Waals surface area contributed by atoms with Gasteiger partial charge in [-0.15, -0.1) is 34.4 Å². The molecule has 0 radical (unpaired) electrons. The van der Waals surface area contributed by atoms with Crippen molar-refractivity contribution in [1.82, 2.24) is 24.9 Å². The van der Waals surface area contributed by atoms with E-state index in [9.17, 15) is 34.6 Å². The number of anilines is 1. The molecule has 2 amide bonds. The van der Waals surface area contributed by atoms with Gasteiger partial charge in [-0.3, -0.25) is 19.3 Å². The number of para-hydroxylation sites is 1. The van der Waals surface area contributed by atoms with Crippen LogP contribution >= 0.6 is 46.2 Å². The summed E-state index contributed by atoms with van der Waals surface area (Å²) in [6.45, 7) is -0.471. The third-order valence-corrected chi connectivity index (χ3v) is 10.9. The van der Waals surface area contributed by atoms with Gasteiger partial charge in [0.15, 0.2) is 27.5 Å². The van der Waals surface area contributed by atoms with E-state index in [4.69, 9.17) is 10.6 Å². The predicted molar refractivity (Wildman–Crippen MR) is 167 cm³/mol. The van der Waals surface area contributed by atoms with E-state index >= 15 is 0 Å². The van der Waals surface area contributed by atoms with E-state index < -0.39 is 47.0 Å². The number of nitrogens with one attached hydrogen (secondary N) is 1. The van der Waals surface area contributed by atoms with E-state index in [1.807, 2.05) is 24.3 Å². The molecule has 232 valence electrons. The summed E-state index contributed by atoms with van der Waals surface area (Å²) in [5, 5.41) is 36.7. The Morgan fingerprint density at radius 3 is 2.78 bits per heavy atom.